The van der Waals surface area contributed by atoms with Gasteiger partial charge in [0.15, 0.2) is 0 Å². The van der Waals surface area contributed by atoms with Gasteiger partial charge >= 0.3 is 0 Å². The van der Waals surface area contributed by atoms with Crippen LogP contribution in [0, 0.1) is 5.92 Å². The van der Waals surface area contributed by atoms with Crippen LogP contribution in [0.2, 0.25) is 0 Å². The molecule has 14 heavy (non-hydrogen) atoms. The lowest BCUT2D eigenvalue weighted by Gasteiger charge is -2.21. The van der Waals surface area contributed by atoms with Gasteiger partial charge in [0, 0.05) is 26.0 Å². The van der Waals surface area contributed by atoms with Crippen molar-refractivity contribution in [1.29, 1.82) is 0 Å². The monoisotopic (exact) mass is 197 g/mol. The summed E-state index contributed by atoms with van der Waals surface area (Å²) in [6.45, 7) is 1.20. The molecule has 78 valence electrons. The van der Waals surface area contributed by atoms with Crippen molar-refractivity contribution in [3.8, 4) is 0 Å². The molecule has 2 rings (SSSR count). The van der Waals surface area contributed by atoms with Crippen LogP contribution in [0.5, 0.6) is 0 Å². The highest BCUT2D eigenvalue weighted by Crippen LogP contribution is 2.19. The molecule has 2 N–H and O–H groups in total. The highest BCUT2D eigenvalue weighted by molar-refractivity contribution is 5.00. The molecule has 0 amide bonds. The molecule has 0 fully saturated rings. The van der Waals surface area contributed by atoms with Crippen LogP contribution in [0.4, 0.5) is 0 Å². The van der Waals surface area contributed by atoms with E-state index in [1.165, 1.54) is 0 Å². The third-order valence-corrected chi connectivity index (χ3v) is 2.73. The lowest BCUT2D eigenvalue weighted by Crippen LogP contribution is -2.23. The minimum absolute atomic E-state index is 0.113. The van der Waals surface area contributed by atoms with Crippen LogP contribution >= 0.6 is 0 Å². The SMILES string of the molecule is OCCc1nnc2n1CCC(CO)C2. The molecular weight excluding hydrogens is 182 g/mol. The second-order valence-electron chi connectivity index (χ2n) is 3.70. The fraction of sp³-hybridized carbons (Fsp3) is 0.778. The third-order valence-electron chi connectivity index (χ3n) is 2.73. The number of aromatic nitrogens is 3. The Kier molecular flexibility index (Phi) is 2.79. The number of fused-ring (bicyclic) bond motifs is 1. The Labute approximate surface area is 82.4 Å². The van der Waals surface area contributed by atoms with Crippen molar-refractivity contribution in [2.24, 2.45) is 5.92 Å². The molecule has 0 radical (unpaired) electrons. The first-order valence-corrected chi connectivity index (χ1v) is 4.97. The van der Waals surface area contributed by atoms with Crippen molar-refractivity contribution in [3.05, 3.63) is 11.6 Å². The van der Waals surface area contributed by atoms with Crippen molar-refractivity contribution >= 4 is 0 Å². The van der Waals surface area contributed by atoms with Gasteiger partial charge in [0.2, 0.25) is 0 Å². The molecule has 0 saturated heterocycles. The molecule has 1 aromatic rings. The summed E-state index contributed by atoms with van der Waals surface area (Å²) in [4.78, 5) is 0. The average molecular weight is 197 g/mol. The maximum atomic E-state index is 9.03. The van der Waals surface area contributed by atoms with Gasteiger partial charge in [-0.15, -0.1) is 10.2 Å². The van der Waals surface area contributed by atoms with Gasteiger partial charge in [-0.1, -0.05) is 0 Å². The molecule has 2 heterocycles. The van der Waals surface area contributed by atoms with Gasteiger partial charge in [0.25, 0.3) is 0 Å². The predicted octanol–water partition coefficient (Wildman–Crippen LogP) is -0.632. The van der Waals surface area contributed by atoms with E-state index in [4.69, 9.17) is 10.2 Å². The topological polar surface area (TPSA) is 71.2 Å². The molecule has 1 aromatic heterocycles. The zero-order valence-electron chi connectivity index (χ0n) is 8.06. The molecule has 0 aromatic carbocycles. The number of hydrogen-bond donors (Lipinski definition) is 2. The molecule has 1 unspecified atom stereocenters. The maximum Gasteiger partial charge on any atom is 0.135 e. The second-order valence-corrected chi connectivity index (χ2v) is 3.70. The van der Waals surface area contributed by atoms with Crippen molar-refractivity contribution < 1.29 is 10.2 Å². The predicted molar refractivity (Wildman–Crippen MR) is 49.7 cm³/mol. The summed E-state index contributed by atoms with van der Waals surface area (Å²) in [6, 6.07) is 0. The Bertz CT molecular complexity index is 311. The fourth-order valence-corrected chi connectivity index (χ4v) is 1.89. The molecule has 1 aliphatic rings. The first-order valence-electron chi connectivity index (χ1n) is 4.97. The van der Waals surface area contributed by atoms with E-state index in [0.29, 0.717) is 12.3 Å². The summed E-state index contributed by atoms with van der Waals surface area (Å²) in [5.74, 6) is 2.13. The van der Waals surface area contributed by atoms with E-state index in [1.54, 1.807) is 0 Å². The van der Waals surface area contributed by atoms with Gasteiger partial charge in [-0.25, -0.2) is 0 Å². The van der Waals surface area contributed by atoms with E-state index < -0.39 is 0 Å². The van der Waals surface area contributed by atoms with E-state index in [0.717, 1.165) is 31.0 Å². The molecule has 1 aliphatic heterocycles. The van der Waals surface area contributed by atoms with Crippen molar-refractivity contribution in [3.63, 3.8) is 0 Å². The lowest BCUT2D eigenvalue weighted by atomic mass is 9.99. The van der Waals surface area contributed by atoms with Crippen LogP contribution in [0.1, 0.15) is 18.1 Å². The average Bonchev–Trinajstić information content (AvgIpc) is 2.61. The van der Waals surface area contributed by atoms with Crippen LogP contribution < -0.4 is 0 Å². The van der Waals surface area contributed by atoms with Crippen LogP contribution in [0.25, 0.3) is 0 Å². The molecule has 5 nitrogen and oxygen atoms in total. The van der Waals surface area contributed by atoms with Crippen molar-refractivity contribution in [2.45, 2.75) is 25.8 Å². The molecule has 5 heteroatoms. The van der Waals surface area contributed by atoms with E-state index in [9.17, 15) is 0 Å². The lowest BCUT2D eigenvalue weighted by molar-refractivity contribution is 0.198. The van der Waals surface area contributed by atoms with E-state index in [2.05, 4.69) is 14.8 Å². The highest BCUT2D eigenvalue weighted by atomic mass is 16.3. The van der Waals surface area contributed by atoms with E-state index >= 15 is 0 Å². The Morgan fingerprint density at radius 1 is 1.36 bits per heavy atom. The normalized spacial score (nSPS) is 20.9. The van der Waals surface area contributed by atoms with Gasteiger partial charge in [0.05, 0.1) is 6.61 Å². The summed E-state index contributed by atoms with van der Waals surface area (Å²) in [5.41, 5.74) is 0. The van der Waals surface area contributed by atoms with Crippen molar-refractivity contribution in [2.75, 3.05) is 13.2 Å². The van der Waals surface area contributed by atoms with Crippen LogP contribution in [-0.4, -0.2) is 38.2 Å². The zero-order chi connectivity index (χ0) is 9.97. The number of nitrogens with zero attached hydrogens (tertiary/aromatic N) is 3. The van der Waals surface area contributed by atoms with E-state index in [-0.39, 0.29) is 13.2 Å². The van der Waals surface area contributed by atoms with Gasteiger partial charge < -0.3 is 14.8 Å². The first-order chi connectivity index (χ1) is 6.85. The van der Waals surface area contributed by atoms with Crippen LogP contribution in [0.3, 0.4) is 0 Å². The Morgan fingerprint density at radius 3 is 2.93 bits per heavy atom. The Morgan fingerprint density at radius 2 is 2.21 bits per heavy atom. The molecule has 0 bridgehead atoms. The summed E-state index contributed by atoms with van der Waals surface area (Å²) in [7, 11) is 0. The van der Waals surface area contributed by atoms with Gasteiger partial charge in [-0.05, 0) is 12.3 Å². The summed E-state index contributed by atoms with van der Waals surface area (Å²) < 4.78 is 2.06. The van der Waals surface area contributed by atoms with Crippen LogP contribution in [0.15, 0.2) is 0 Å². The molecule has 0 aliphatic carbocycles. The van der Waals surface area contributed by atoms with Gasteiger partial charge in [0.1, 0.15) is 11.6 Å². The third kappa shape index (κ3) is 1.65. The van der Waals surface area contributed by atoms with Gasteiger partial charge in [-0.3, -0.25) is 0 Å². The van der Waals surface area contributed by atoms with Gasteiger partial charge in [-0.2, -0.15) is 0 Å². The van der Waals surface area contributed by atoms with E-state index in [1.807, 2.05) is 0 Å². The van der Waals surface area contributed by atoms with Crippen LogP contribution in [-0.2, 0) is 19.4 Å². The molecule has 1 atom stereocenters. The minimum Gasteiger partial charge on any atom is -0.396 e. The molecule has 0 saturated carbocycles. The Hall–Kier alpha value is -0.940. The number of rotatable bonds is 3. The fourth-order valence-electron chi connectivity index (χ4n) is 1.89. The number of aliphatic hydroxyl groups is 2. The smallest absolute Gasteiger partial charge is 0.135 e. The molecule has 0 spiro atoms. The summed E-state index contributed by atoms with van der Waals surface area (Å²) in [6.07, 6.45) is 2.34. The summed E-state index contributed by atoms with van der Waals surface area (Å²) >= 11 is 0. The zero-order valence-corrected chi connectivity index (χ0v) is 8.06. The Balaban J connectivity index is 2.16. The number of aliphatic hydroxyl groups excluding tert-OH is 2. The minimum atomic E-state index is 0.113. The molecular formula is C9H15N3O2. The quantitative estimate of drug-likeness (QED) is 0.676. The summed E-state index contributed by atoms with van der Waals surface area (Å²) in [5, 5.41) is 25.9. The number of hydrogen-bond acceptors (Lipinski definition) is 4. The highest BCUT2D eigenvalue weighted by Gasteiger charge is 2.21. The first kappa shape index (κ1) is 9.61. The largest absolute Gasteiger partial charge is 0.396 e. The van der Waals surface area contributed by atoms with Crippen molar-refractivity contribution in [1.82, 2.24) is 14.8 Å². The second kappa shape index (κ2) is 4.06. The standard InChI is InChI=1S/C9H15N3O2/c13-4-2-8-10-11-9-5-7(6-14)1-3-12(8)9/h7,13-14H,1-6H2. The maximum absolute atomic E-state index is 9.03.